The van der Waals surface area contributed by atoms with Crippen LogP contribution < -0.4 is 10.5 Å². The van der Waals surface area contributed by atoms with Gasteiger partial charge >= 0.3 is 0 Å². The molecule has 1 aliphatic rings. The number of nitrogens with two attached hydrogens (primary N) is 1. The van der Waals surface area contributed by atoms with Crippen LogP contribution in [0.5, 0.6) is 5.75 Å². The monoisotopic (exact) mass is 267 g/mol. The quantitative estimate of drug-likeness (QED) is 0.892. The first-order chi connectivity index (χ1) is 8.78. The Bertz CT molecular complexity index is 585. The minimum absolute atomic E-state index is 0.194. The molecular weight excluding hydrogens is 258 g/mol. The van der Waals surface area contributed by atoms with Crippen molar-refractivity contribution in [1.82, 2.24) is 10.1 Å². The van der Waals surface area contributed by atoms with Gasteiger partial charge in [0.1, 0.15) is 5.75 Å². The number of nitrogens with zero attached hydrogens (tertiary/aromatic N) is 2. The molecule has 0 unspecified atom stereocenters. The molecule has 1 aliphatic heterocycles. The van der Waals surface area contributed by atoms with E-state index in [2.05, 4.69) is 10.1 Å². The van der Waals surface area contributed by atoms with Crippen molar-refractivity contribution in [2.45, 2.75) is 13.2 Å². The molecule has 0 radical (unpaired) electrons. The van der Waals surface area contributed by atoms with Crippen molar-refractivity contribution in [1.29, 1.82) is 0 Å². The lowest BCUT2D eigenvalue weighted by molar-refractivity contribution is -0.0163. The van der Waals surface area contributed by atoms with Gasteiger partial charge in [0.25, 0.3) is 0 Å². The van der Waals surface area contributed by atoms with Crippen LogP contribution in [0.3, 0.4) is 0 Å². The second-order valence-electron chi connectivity index (χ2n) is 3.77. The Labute approximate surface area is 108 Å². The minimum atomic E-state index is 0.194. The molecule has 2 aromatic rings. The lowest BCUT2D eigenvalue weighted by Crippen LogP contribution is -2.11. The fourth-order valence-corrected chi connectivity index (χ4v) is 1.99. The van der Waals surface area contributed by atoms with Crippen LogP contribution in [0, 0.1) is 0 Å². The number of halogens is 1. The Morgan fingerprint density at radius 3 is 3.06 bits per heavy atom. The lowest BCUT2D eigenvalue weighted by Gasteiger charge is -2.18. The summed E-state index contributed by atoms with van der Waals surface area (Å²) in [6.45, 7) is 0.907. The molecule has 94 valence electrons. The van der Waals surface area contributed by atoms with Crippen molar-refractivity contribution in [3.63, 3.8) is 0 Å². The minimum Gasteiger partial charge on any atom is -0.467 e. The topological polar surface area (TPSA) is 83.4 Å². The van der Waals surface area contributed by atoms with Gasteiger partial charge in [0, 0.05) is 11.1 Å². The Kier molecular flexibility index (Phi) is 2.91. The predicted molar refractivity (Wildman–Crippen MR) is 62.9 cm³/mol. The zero-order valence-corrected chi connectivity index (χ0v) is 10.1. The van der Waals surface area contributed by atoms with E-state index >= 15 is 0 Å². The molecule has 0 spiro atoms. The molecule has 0 atom stereocenters. The predicted octanol–water partition coefficient (Wildman–Crippen LogP) is 1.72. The molecule has 0 saturated heterocycles. The van der Waals surface area contributed by atoms with Crippen molar-refractivity contribution in [3.8, 4) is 17.1 Å². The first-order valence-electron chi connectivity index (χ1n) is 5.34. The maximum Gasteiger partial charge on any atom is 0.240 e. The van der Waals surface area contributed by atoms with Crippen molar-refractivity contribution in [2.75, 3.05) is 6.79 Å². The van der Waals surface area contributed by atoms with Crippen LogP contribution in [0.25, 0.3) is 11.4 Å². The molecule has 3 rings (SSSR count). The number of aromatic nitrogens is 2. The van der Waals surface area contributed by atoms with Gasteiger partial charge in [-0.3, -0.25) is 0 Å². The molecule has 2 N–H and O–H groups in total. The van der Waals surface area contributed by atoms with E-state index in [4.69, 9.17) is 31.3 Å². The van der Waals surface area contributed by atoms with Gasteiger partial charge in [-0.05, 0) is 12.1 Å². The average molecular weight is 268 g/mol. The molecule has 1 aromatic carbocycles. The number of fused-ring (bicyclic) bond motifs is 1. The summed E-state index contributed by atoms with van der Waals surface area (Å²) in [6, 6.07) is 3.56. The summed E-state index contributed by atoms with van der Waals surface area (Å²) in [6.07, 6.45) is 0. The summed E-state index contributed by atoms with van der Waals surface area (Å²) in [5, 5.41) is 4.35. The van der Waals surface area contributed by atoms with E-state index in [1.54, 1.807) is 12.1 Å². The van der Waals surface area contributed by atoms with E-state index in [1.807, 2.05) is 0 Å². The highest BCUT2D eigenvalue weighted by Crippen LogP contribution is 2.34. The fourth-order valence-electron chi connectivity index (χ4n) is 1.72. The van der Waals surface area contributed by atoms with E-state index in [-0.39, 0.29) is 13.3 Å². The third-order valence-corrected chi connectivity index (χ3v) is 2.90. The fraction of sp³-hybridized carbons (Fsp3) is 0.273. The summed E-state index contributed by atoms with van der Waals surface area (Å²) >= 11 is 6.18. The molecule has 0 amide bonds. The number of benzene rings is 1. The SMILES string of the molecule is NCc1nc(-c2cc3c(cc2Cl)COCO3)no1. The van der Waals surface area contributed by atoms with Gasteiger partial charge in [-0.1, -0.05) is 16.8 Å². The molecule has 18 heavy (non-hydrogen) atoms. The van der Waals surface area contributed by atoms with Gasteiger partial charge in [0.15, 0.2) is 6.79 Å². The van der Waals surface area contributed by atoms with Gasteiger partial charge in [-0.2, -0.15) is 4.98 Å². The number of hydrogen-bond donors (Lipinski definition) is 1. The Balaban J connectivity index is 2.06. The third-order valence-electron chi connectivity index (χ3n) is 2.59. The first kappa shape index (κ1) is 11.5. The van der Waals surface area contributed by atoms with E-state index in [0.717, 1.165) is 11.3 Å². The van der Waals surface area contributed by atoms with E-state index in [0.29, 0.717) is 28.9 Å². The van der Waals surface area contributed by atoms with E-state index in [1.165, 1.54) is 0 Å². The number of rotatable bonds is 2. The average Bonchev–Trinajstić information content (AvgIpc) is 2.86. The van der Waals surface area contributed by atoms with Crippen LogP contribution in [0.4, 0.5) is 0 Å². The number of hydrogen-bond acceptors (Lipinski definition) is 6. The van der Waals surface area contributed by atoms with E-state index in [9.17, 15) is 0 Å². The van der Waals surface area contributed by atoms with Gasteiger partial charge in [-0.15, -0.1) is 0 Å². The van der Waals surface area contributed by atoms with Crippen molar-refractivity contribution in [3.05, 3.63) is 28.6 Å². The van der Waals surface area contributed by atoms with Crippen LogP contribution in [-0.2, 0) is 17.9 Å². The normalized spacial score (nSPS) is 14.1. The zero-order valence-electron chi connectivity index (χ0n) is 9.35. The van der Waals surface area contributed by atoms with Crippen LogP contribution in [0.15, 0.2) is 16.7 Å². The molecule has 0 fully saturated rings. The van der Waals surface area contributed by atoms with Crippen molar-refractivity contribution >= 4 is 11.6 Å². The van der Waals surface area contributed by atoms with E-state index < -0.39 is 0 Å². The van der Waals surface area contributed by atoms with Crippen LogP contribution in [0.1, 0.15) is 11.5 Å². The van der Waals surface area contributed by atoms with Gasteiger partial charge < -0.3 is 19.7 Å². The standard InChI is InChI=1S/C11H10ClN3O3/c12-8-1-6-4-16-5-17-9(6)2-7(8)11-14-10(3-13)18-15-11/h1-2H,3-5,13H2. The third kappa shape index (κ3) is 1.94. The summed E-state index contributed by atoms with van der Waals surface area (Å²) in [5.41, 5.74) is 6.97. The lowest BCUT2D eigenvalue weighted by atomic mass is 10.1. The molecule has 0 saturated carbocycles. The van der Waals surface area contributed by atoms with Gasteiger partial charge in [0.05, 0.1) is 18.2 Å². The second-order valence-corrected chi connectivity index (χ2v) is 4.17. The zero-order chi connectivity index (χ0) is 12.5. The smallest absolute Gasteiger partial charge is 0.240 e. The second kappa shape index (κ2) is 4.56. The molecule has 7 heteroatoms. The maximum absolute atomic E-state index is 6.18. The molecule has 2 heterocycles. The molecule has 1 aromatic heterocycles. The summed E-state index contributed by atoms with van der Waals surface area (Å²) in [7, 11) is 0. The van der Waals surface area contributed by atoms with Crippen LogP contribution in [0.2, 0.25) is 5.02 Å². The Morgan fingerprint density at radius 2 is 2.28 bits per heavy atom. The van der Waals surface area contributed by atoms with Gasteiger partial charge in [0.2, 0.25) is 11.7 Å². The molecular formula is C11H10ClN3O3. The van der Waals surface area contributed by atoms with Crippen molar-refractivity contribution < 1.29 is 14.0 Å². The molecule has 0 bridgehead atoms. The van der Waals surface area contributed by atoms with Crippen molar-refractivity contribution in [2.24, 2.45) is 5.73 Å². The maximum atomic E-state index is 6.18. The Hall–Kier alpha value is -1.63. The highest BCUT2D eigenvalue weighted by molar-refractivity contribution is 6.33. The first-order valence-corrected chi connectivity index (χ1v) is 5.71. The largest absolute Gasteiger partial charge is 0.467 e. The summed E-state index contributed by atoms with van der Waals surface area (Å²) in [5.74, 6) is 1.49. The number of ether oxygens (including phenoxy) is 2. The van der Waals surface area contributed by atoms with Crippen LogP contribution in [-0.4, -0.2) is 16.9 Å². The summed E-state index contributed by atoms with van der Waals surface area (Å²) in [4.78, 5) is 4.13. The van der Waals surface area contributed by atoms with Crippen LogP contribution >= 0.6 is 11.6 Å². The van der Waals surface area contributed by atoms with Gasteiger partial charge in [-0.25, -0.2) is 0 Å². The summed E-state index contributed by atoms with van der Waals surface area (Å²) < 4.78 is 15.5. The highest BCUT2D eigenvalue weighted by Gasteiger charge is 2.18. The molecule has 0 aliphatic carbocycles. The highest BCUT2D eigenvalue weighted by atomic mass is 35.5. The molecule has 6 nitrogen and oxygen atoms in total. The Morgan fingerprint density at radius 1 is 1.39 bits per heavy atom.